The maximum absolute atomic E-state index is 11.6. The zero-order chi connectivity index (χ0) is 16.2. The number of benzene rings is 1. The Kier molecular flexibility index (Phi) is 4.76. The number of thiophene rings is 1. The van der Waals surface area contributed by atoms with Crippen LogP contribution in [0.15, 0.2) is 29.3 Å². The lowest BCUT2D eigenvalue weighted by atomic mass is 9.94. The molecule has 0 unspecified atom stereocenters. The van der Waals surface area contributed by atoms with Gasteiger partial charge in [-0.15, -0.1) is 11.3 Å². The summed E-state index contributed by atoms with van der Waals surface area (Å²) in [6, 6.07) is 7.03. The number of aromatic hydroxyl groups is 1. The summed E-state index contributed by atoms with van der Waals surface area (Å²) in [7, 11) is 0. The minimum Gasteiger partial charge on any atom is -0.507 e. The molecule has 5 heteroatoms. The molecule has 0 aliphatic heterocycles. The molecule has 1 aliphatic carbocycles. The fourth-order valence-electron chi connectivity index (χ4n) is 2.97. The van der Waals surface area contributed by atoms with E-state index in [2.05, 4.69) is 4.99 Å². The van der Waals surface area contributed by atoms with E-state index in [1.165, 1.54) is 4.88 Å². The number of aliphatic imine (C=N–C) groups is 1. The Labute approximate surface area is 139 Å². The monoisotopic (exact) mass is 329 g/mol. The highest BCUT2D eigenvalue weighted by atomic mass is 32.1. The zero-order valence-electron chi connectivity index (χ0n) is 12.8. The number of para-hydroxylation sites is 1. The number of hydrogen-bond donors (Lipinski definition) is 2. The number of aryl methyl sites for hydroxylation is 1. The number of carboxylic acids is 1. The van der Waals surface area contributed by atoms with Crippen molar-refractivity contribution in [2.45, 2.75) is 32.1 Å². The van der Waals surface area contributed by atoms with Gasteiger partial charge in [0.25, 0.3) is 0 Å². The third kappa shape index (κ3) is 3.45. The van der Waals surface area contributed by atoms with Gasteiger partial charge in [-0.3, -0.25) is 4.99 Å². The van der Waals surface area contributed by atoms with Crippen molar-refractivity contribution < 1.29 is 15.0 Å². The van der Waals surface area contributed by atoms with Gasteiger partial charge < -0.3 is 10.2 Å². The third-order valence-corrected chi connectivity index (χ3v) is 5.44. The summed E-state index contributed by atoms with van der Waals surface area (Å²) in [6.07, 6.45) is 6.38. The first kappa shape index (κ1) is 15.7. The second-order valence-corrected chi connectivity index (χ2v) is 6.85. The van der Waals surface area contributed by atoms with E-state index in [1.54, 1.807) is 35.8 Å². The van der Waals surface area contributed by atoms with Crippen molar-refractivity contribution >= 4 is 23.5 Å². The highest BCUT2D eigenvalue weighted by molar-refractivity contribution is 7.12. The molecule has 2 aromatic rings. The van der Waals surface area contributed by atoms with E-state index >= 15 is 0 Å². The Bertz CT molecular complexity index is 749. The molecule has 0 amide bonds. The van der Waals surface area contributed by atoms with Crippen LogP contribution >= 0.6 is 11.3 Å². The number of carbonyl (C=O) groups is 1. The zero-order valence-corrected chi connectivity index (χ0v) is 13.6. The minimum atomic E-state index is -0.816. The van der Waals surface area contributed by atoms with Crippen LogP contribution in [0, 0.1) is 0 Å². The van der Waals surface area contributed by atoms with Gasteiger partial charge >= 0.3 is 5.97 Å². The van der Waals surface area contributed by atoms with Gasteiger partial charge in [-0.05, 0) is 43.4 Å². The van der Waals surface area contributed by atoms with Crippen molar-refractivity contribution in [3.05, 3.63) is 50.7 Å². The van der Waals surface area contributed by atoms with Crippen LogP contribution in [0.1, 0.15) is 44.1 Å². The maximum Gasteiger partial charge on any atom is 0.337 e. The number of phenolic OH excluding ortho intramolecular Hbond substituents is 1. The van der Waals surface area contributed by atoms with Crippen molar-refractivity contribution in [1.82, 2.24) is 0 Å². The number of carboxylic acid groups (broad SMARTS) is 1. The summed E-state index contributed by atoms with van der Waals surface area (Å²) >= 11 is 1.64. The Balaban J connectivity index is 1.72. The largest absolute Gasteiger partial charge is 0.507 e. The van der Waals surface area contributed by atoms with E-state index in [9.17, 15) is 15.0 Å². The van der Waals surface area contributed by atoms with Gasteiger partial charge in [0.2, 0.25) is 0 Å². The smallest absolute Gasteiger partial charge is 0.337 e. The van der Waals surface area contributed by atoms with Gasteiger partial charge in [-0.2, -0.15) is 0 Å². The van der Waals surface area contributed by atoms with Crippen molar-refractivity contribution in [1.29, 1.82) is 0 Å². The molecule has 0 spiro atoms. The fourth-order valence-corrected chi connectivity index (χ4v) is 4.35. The molecule has 0 radical (unpaired) electrons. The highest BCUT2D eigenvalue weighted by Crippen LogP contribution is 2.34. The molecule has 4 nitrogen and oxygen atoms in total. The number of nitrogens with zero attached hydrogens (tertiary/aromatic N) is 1. The van der Waals surface area contributed by atoms with Crippen LogP contribution in [0.2, 0.25) is 0 Å². The molecule has 0 saturated heterocycles. The lowest BCUT2D eigenvalue weighted by Crippen LogP contribution is -2.07. The van der Waals surface area contributed by atoms with Crippen LogP contribution in [0.5, 0.6) is 5.75 Å². The van der Waals surface area contributed by atoms with Gasteiger partial charge in [-0.1, -0.05) is 12.1 Å². The fraction of sp³-hybridized carbons (Fsp3) is 0.333. The summed E-state index contributed by atoms with van der Waals surface area (Å²) in [5.74, 6) is -0.613. The van der Waals surface area contributed by atoms with Crippen molar-refractivity contribution in [3.63, 3.8) is 0 Å². The Morgan fingerprint density at radius 3 is 2.83 bits per heavy atom. The molecule has 2 N–H and O–H groups in total. The molecule has 1 aromatic heterocycles. The summed E-state index contributed by atoms with van der Waals surface area (Å²) < 4.78 is 0. The second-order valence-electron chi connectivity index (χ2n) is 5.66. The van der Waals surface area contributed by atoms with Gasteiger partial charge in [0.15, 0.2) is 0 Å². The van der Waals surface area contributed by atoms with Crippen LogP contribution in [-0.2, 0) is 19.3 Å². The van der Waals surface area contributed by atoms with E-state index in [1.807, 2.05) is 6.07 Å². The average molecular weight is 329 g/mol. The molecular weight excluding hydrogens is 310 g/mol. The Morgan fingerprint density at radius 1 is 1.26 bits per heavy atom. The van der Waals surface area contributed by atoms with Gasteiger partial charge in [0.05, 0.1) is 5.56 Å². The first-order chi connectivity index (χ1) is 11.2. The van der Waals surface area contributed by atoms with Crippen LogP contribution in [0.4, 0.5) is 0 Å². The van der Waals surface area contributed by atoms with Crippen LogP contribution in [-0.4, -0.2) is 28.9 Å². The topological polar surface area (TPSA) is 69.9 Å². The Morgan fingerprint density at radius 2 is 2.04 bits per heavy atom. The van der Waals surface area contributed by atoms with E-state index in [0.29, 0.717) is 24.1 Å². The lowest BCUT2D eigenvalue weighted by Gasteiger charge is -2.10. The van der Waals surface area contributed by atoms with E-state index in [4.69, 9.17) is 0 Å². The normalized spacial score (nSPS) is 14.1. The predicted molar refractivity (Wildman–Crippen MR) is 92.2 cm³/mol. The Hall–Kier alpha value is -2.14. The molecule has 120 valence electrons. The van der Waals surface area contributed by atoms with Crippen LogP contribution in [0.25, 0.3) is 0 Å². The second kappa shape index (κ2) is 6.96. The molecule has 1 heterocycles. The molecule has 1 aliphatic rings. The molecule has 0 bridgehead atoms. The van der Waals surface area contributed by atoms with Gasteiger partial charge in [0, 0.05) is 34.5 Å². The summed E-state index contributed by atoms with van der Waals surface area (Å²) in [6.45, 7) is 0.522. The van der Waals surface area contributed by atoms with E-state index in [0.717, 1.165) is 36.1 Å². The van der Waals surface area contributed by atoms with Crippen LogP contribution < -0.4 is 0 Å². The summed E-state index contributed by atoms with van der Waals surface area (Å²) in [5.41, 5.74) is 2.24. The summed E-state index contributed by atoms with van der Waals surface area (Å²) in [5, 5.41) is 19.2. The SMILES string of the molecule is O=C(O)c1c(CCN=Cc2ccccc2O)sc2c1CCCC2. The number of phenols is 1. The molecule has 0 atom stereocenters. The molecule has 3 rings (SSSR count). The van der Waals surface area contributed by atoms with Gasteiger partial charge in [-0.25, -0.2) is 4.79 Å². The molecule has 23 heavy (non-hydrogen) atoms. The number of hydrogen-bond acceptors (Lipinski definition) is 4. The van der Waals surface area contributed by atoms with Crippen molar-refractivity contribution in [2.24, 2.45) is 4.99 Å². The predicted octanol–water partition coefficient (Wildman–Crippen LogP) is 3.69. The molecule has 0 fully saturated rings. The number of rotatable bonds is 5. The summed E-state index contributed by atoms with van der Waals surface area (Å²) in [4.78, 5) is 18.1. The average Bonchev–Trinajstić information content (AvgIpc) is 2.91. The van der Waals surface area contributed by atoms with E-state index < -0.39 is 5.97 Å². The third-order valence-electron chi connectivity index (χ3n) is 4.09. The molecule has 0 saturated carbocycles. The molecule has 1 aromatic carbocycles. The van der Waals surface area contributed by atoms with Gasteiger partial charge in [0.1, 0.15) is 5.75 Å². The molecular formula is C18H19NO3S. The quantitative estimate of drug-likeness (QED) is 0.822. The number of fused-ring (bicyclic) bond motifs is 1. The highest BCUT2D eigenvalue weighted by Gasteiger charge is 2.24. The minimum absolute atomic E-state index is 0.203. The van der Waals surface area contributed by atoms with Crippen molar-refractivity contribution in [2.75, 3.05) is 6.54 Å². The standard InChI is InChI=1S/C18H19NO3S/c20-14-7-3-1-5-12(14)11-19-10-9-16-17(18(21)22)13-6-2-4-8-15(13)23-16/h1,3,5,7,11,20H,2,4,6,8-10H2,(H,21,22). The van der Waals surface area contributed by atoms with Crippen molar-refractivity contribution in [3.8, 4) is 5.75 Å². The maximum atomic E-state index is 11.6. The number of aromatic carboxylic acids is 1. The van der Waals surface area contributed by atoms with Crippen LogP contribution in [0.3, 0.4) is 0 Å². The first-order valence-electron chi connectivity index (χ1n) is 7.81. The van der Waals surface area contributed by atoms with E-state index in [-0.39, 0.29) is 5.75 Å². The first-order valence-corrected chi connectivity index (χ1v) is 8.63. The lowest BCUT2D eigenvalue weighted by molar-refractivity contribution is 0.0695.